The number of hydrogen-bond acceptors (Lipinski definition) is 5. The summed E-state index contributed by atoms with van der Waals surface area (Å²) in [4.78, 5) is 12.9. The van der Waals surface area contributed by atoms with Gasteiger partial charge in [0.05, 0.1) is 14.2 Å². The zero-order valence-electron chi connectivity index (χ0n) is 12.5. The maximum Gasteiger partial charge on any atom is 0.317 e. The van der Waals surface area contributed by atoms with Crippen LogP contribution < -0.4 is 19.5 Å². The average molecular weight is 329 g/mol. The lowest BCUT2D eigenvalue weighted by atomic mass is 10.3. The normalized spacial score (nSPS) is 14.8. The highest BCUT2D eigenvalue weighted by Crippen LogP contribution is 2.27. The van der Waals surface area contributed by atoms with E-state index >= 15 is 0 Å². The van der Waals surface area contributed by atoms with Gasteiger partial charge < -0.3 is 19.7 Å². The molecule has 0 unspecified atom stereocenters. The van der Waals surface area contributed by atoms with Gasteiger partial charge in [-0.3, -0.25) is 0 Å². The molecule has 1 aromatic carbocycles. The number of benzene rings is 1. The highest BCUT2D eigenvalue weighted by molar-refractivity contribution is 7.89. The van der Waals surface area contributed by atoms with Crippen molar-refractivity contribution in [2.24, 2.45) is 0 Å². The highest BCUT2D eigenvalue weighted by Gasteiger charge is 2.22. The Balaban J connectivity index is 2.07. The van der Waals surface area contributed by atoms with E-state index in [0.29, 0.717) is 25.4 Å². The van der Waals surface area contributed by atoms with Gasteiger partial charge in [-0.05, 0) is 12.1 Å². The van der Waals surface area contributed by atoms with Gasteiger partial charge in [-0.2, -0.15) is 0 Å². The topological polar surface area (TPSA) is 97.0 Å². The third-order valence-electron chi connectivity index (χ3n) is 3.28. The van der Waals surface area contributed by atoms with Crippen molar-refractivity contribution in [2.45, 2.75) is 4.90 Å². The molecule has 0 radical (unpaired) electrons. The SMILES string of the molecule is COc1ccc(OC)c(S(=O)(=O)NCCN2CCNC2=O)c1. The van der Waals surface area contributed by atoms with Crippen molar-refractivity contribution in [2.75, 3.05) is 40.4 Å². The van der Waals surface area contributed by atoms with Crippen molar-refractivity contribution in [3.63, 3.8) is 0 Å². The van der Waals surface area contributed by atoms with Gasteiger partial charge in [0.2, 0.25) is 10.0 Å². The zero-order valence-corrected chi connectivity index (χ0v) is 13.3. The third-order valence-corrected chi connectivity index (χ3v) is 4.76. The van der Waals surface area contributed by atoms with Crippen molar-refractivity contribution in [1.82, 2.24) is 14.9 Å². The minimum Gasteiger partial charge on any atom is -0.497 e. The van der Waals surface area contributed by atoms with Crippen LogP contribution in [0.25, 0.3) is 0 Å². The van der Waals surface area contributed by atoms with Gasteiger partial charge in [-0.25, -0.2) is 17.9 Å². The van der Waals surface area contributed by atoms with Crippen LogP contribution in [-0.4, -0.2) is 59.7 Å². The lowest BCUT2D eigenvalue weighted by molar-refractivity contribution is 0.218. The van der Waals surface area contributed by atoms with E-state index in [-0.39, 0.29) is 23.2 Å². The van der Waals surface area contributed by atoms with Gasteiger partial charge in [-0.1, -0.05) is 0 Å². The summed E-state index contributed by atoms with van der Waals surface area (Å²) in [5.74, 6) is 0.646. The number of nitrogens with one attached hydrogen (secondary N) is 2. The molecule has 0 atom stereocenters. The van der Waals surface area contributed by atoms with E-state index in [0.717, 1.165) is 0 Å². The molecule has 2 N–H and O–H groups in total. The van der Waals surface area contributed by atoms with Crippen LogP contribution in [0.3, 0.4) is 0 Å². The molecular weight excluding hydrogens is 310 g/mol. The number of methoxy groups -OCH3 is 2. The molecule has 1 aromatic rings. The summed E-state index contributed by atoms with van der Waals surface area (Å²) in [6.07, 6.45) is 0. The summed E-state index contributed by atoms with van der Waals surface area (Å²) in [7, 11) is -0.904. The second-order valence-electron chi connectivity index (χ2n) is 4.63. The molecule has 0 saturated carbocycles. The van der Waals surface area contributed by atoms with Crippen molar-refractivity contribution < 1.29 is 22.7 Å². The molecule has 0 bridgehead atoms. The maximum absolute atomic E-state index is 12.4. The summed E-state index contributed by atoms with van der Waals surface area (Å²) >= 11 is 0. The second kappa shape index (κ2) is 6.84. The molecule has 122 valence electrons. The molecule has 0 aromatic heterocycles. The number of rotatable bonds is 7. The first kappa shape index (κ1) is 16.4. The molecule has 2 rings (SSSR count). The van der Waals surface area contributed by atoms with Gasteiger partial charge in [0, 0.05) is 32.2 Å². The third kappa shape index (κ3) is 3.60. The molecule has 0 spiro atoms. The van der Waals surface area contributed by atoms with Crippen LogP contribution in [0.15, 0.2) is 23.1 Å². The smallest absolute Gasteiger partial charge is 0.317 e. The fourth-order valence-electron chi connectivity index (χ4n) is 2.11. The van der Waals surface area contributed by atoms with Gasteiger partial charge in [0.1, 0.15) is 16.4 Å². The number of carbonyl (C=O) groups excluding carboxylic acids is 1. The van der Waals surface area contributed by atoms with Crippen LogP contribution in [0, 0.1) is 0 Å². The van der Waals surface area contributed by atoms with Crippen molar-refractivity contribution in [3.05, 3.63) is 18.2 Å². The number of sulfonamides is 1. The number of urea groups is 1. The summed E-state index contributed by atoms with van der Waals surface area (Å²) in [6.45, 7) is 1.58. The van der Waals surface area contributed by atoms with Crippen LogP contribution >= 0.6 is 0 Å². The first-order valence-electron chi connectivity index (χ1n) is 6.72. The monoisotopic (exact) mass is 329 g/mol. The van der Waals surface area contributed by atoms with Crippen LogP contribution in [0.4, 0.5) is 4.79 Å². The fraction of sp³-hybridized carbons (Fsp3) is 0.462. The van der Waals surface area contributed by atoms with Crippen molar-refractivity contribution in [3.8, 4) is 11.5 Å². The Morgan fingerprint density at radius 1 is 1.32 bits per heavy atom. The lowest BCUT2D eigenvalue weighted by Gasteiger charge is -2.15. The molecule has 9 heteroatoms. The Hall–Kier alpha value is -2.00. The van der Waals surface area contributed by atoms with Crippen LogP contribution in [0.1, 0.15) is 0 Å². The highest BCUT2D eigenvalue weighted by atomic mass is 32.2. The van der Waals surface area contributed by atoms with Gasteiger partial charge in [-0.15, -0.1) is 0 Å². The number of nitrogens with zero attached hydrogens (tertiary/aromatic N) is 1. The van der Waals surface area contributed by atoms with Gasteiger partial charge in [0.15, 0.2) is 0 Å². The van der Waals surface area contributed by atoms with E-state index in [1.165, 1.54) is 26.4 Å². The molecule has 22 heavy (non-hydrogen) atoms. The molecule has 8 nitrogen and oxygen atoms in total. The minimum atomic E-state index is -3.76. The maximum atomic E-state index is 12.4. The largest absolute Gasteiger partial charge is 0.497 e. The Morgan fingerprint density at radius 2 is 2.09 bits per heavy atom. The van der Waals surface area contributed by atoms with E-state index in [4.69, 9.17) is 9.47 Å². The second-order valence-corrected chi connectivity index (χ2v) is 6.37. The first-order valence-corrected chi connectivity index (χ1v) is 8.20. The Kier molecular flexibility index (Phi) is 5.09. The van der Waals surface area contributed by atoms with E-state index < -0.39 is 10.0 Å². The van der Waals surface area contributed by atoms with Crippen LogP contribution in [-0.2, 0) is 10.0 Å². The minimum absolute atomic E-state index is 0.000207. The average Bonchev–Trinajstić information content (AvgIpc) is 2.92. The van der Waals surface area contributed by atoms with Crippen molar-refractivity contribution >= 4 is 16.1 Å². The number of carbonyl (C=O) groups is 1. The molecule has 2 amide bonds. The van der Waals surface area contributed by atoms with E-state index in [1.807, 2.05) is 0 Å². The van der Waals surface area contributed by atoms with Crippen LogP contribution in [0.5, 0.6) is 11.5 Å². The van der Waals surface area contributed by atoms with E-state index in [1.54, 1.807) is 11.0 Å². The predicted octanol–water partition coefficient (Wildman–Crippen LogP) is 0.00730. The quantitative estimate of drug-likeness (QED) is 0.734. The molecule has 1 fully saturated rings. The fourth-order valence-corrected chi connectivity index (χ4v) is 3.31. The Bertz CT molecular complexity index is 647. The Morgan fingerprint density at radius 3 is 2.68 bits per heavy atom. The zero-order chi connectivity index (χ0) is 16.2. The number of ether oxygens (including phenoxy) is 2. The van der Waals surface area contributed by atoms with E-state index in [9.17, 15) is 13.2 Å². The van der Waals surface area contributed by atoms with E-state index in [2.05, 4.69) is 10.0 Å². The molecule has 1 saturated heterocycles. The standard InChI is InChI=1S/C13H19N3O5S/c1-20-10-3-4-11(21-2)12(9-10)22(18,19)15-6-8-16-7-5-14-13(16)17/h3-4,9,15H,5-8H2,1-2H3,(H,14,17). The van der Waals surface area contributed by atoms with Gasteiger partial charge in [0.25, 0.3) is 0 Å². The van der Waals surface area contributed by atoms with Crippen LogP contribution in [0.2, 0.25) is 0 Å². The molecular formula is C13H19N3O5S. The summed E-state index contributed by atoms with van der Waals surface area (Å²) in [5, 5.41) is 2.66. The summed E-state index contributed by atoms with van der Waals surface area (Å²) in [6, 6.07) is 4.36. The van der Waals surface area contributed by atoms with Crippen molar-refractivity contribution in [1.29, 1.82) is 0 Å². The Labute approximate surface area is 129 Å². The molecule has 1 heterocycles. The molecule has 0 aliphatic carbocycles. The predicted molar refractivity (Wildman–Crippen MR) is 79.7 cm³/mol. The lowest BCUT2D eigenvalue weighted by Crippen LogP contribution is -2.36. The number of hydrogen-bond donors (Lipinski definition) is 2. The summed E-state index contributed by atoms with van der Waals surface area (Å²) < 4.78 is 37.3. The van der Waals surface area contributed by atoms with Gasteiger partial charge >= 0.3 is 6.03 Å². The first-order chi connectivity index (χ1) is 10.5. The number of amides is 2. The molecule has 1 aliphatic heterocycles. The summed E-state index contributed by atoms with van der Waals surface area (Å²) in [5.41, 5.74) is 0. The molecule has 1 aliphatic rings.